The van der Waals surface area contributed by atoms with E-state index in [0.717, 1.165) is 59.6 Å². The average molecular weight is 539 g/mol. The van der Waals surface area contributed by atoms with Gasteiger partial charge in [0.1, 0.15) is 17.4 Å². The number of ketones is 1. The Bertz CT molecular complexity index is 1170. The molecule has 0 unspecified atom stereocenters. The van der Waals surface area contributed by atoms with Gasteiger partial charge in [0.05, 0.1) is 16.4 Å². The van der Waals surface area contributed by atoms with E-state index in [2.05, 4.69) is 32.4 Å². The number of allylic oxidation sites excluding steroid dienone is 3. The first kappa shape index (κ1) is 23.9. The molecule has 1 aromatic heterocycles. The van der Waals surface area contributed by atoms with Crippen molar-refractivity contribution in [2.75, 3.05) is 19.6 Å². The van der Waals surface area contributed by atoms with Gasteiger partial charge in [-0.25, -0.2) is 4.68 Å². The molecule has 8 heteroatoms. The third-order valence-corrected chi connectivity index (χ3v) is 8.12. The van der Waals surface area contributed by atoms with Crippen LogP contribution in [0.25, 0.3) is 11.4 Å². The Morgan fingerprint density at radius 1 is 1.14 bits per heavy atom. The molecule has 7 nitrogen and oxygen atoms in total. The monoisotopic (exact) mass is 538 g/mol. The van der Waals surface area contributed by atoms with Crippen molar-refractivity contribution in [3.8, 4) is 5.75 Å². The highest BCUT2D eigenvalue weighted by atomic mass is 79.9. The number of hydrogen-bond acceptors (Lipinski definition) is 5. The van der Waals surface area contributed by atoms with Crippen molar-refractivity contribution in [3.05, 3.63) is 58.3 Å². The van der Waals surface area contributed by atoms with Crippen LogP contribution in [0.2, 0.25) is 0 Å². The fourth-order valence-electron chi connectivity index (χ4n) is 5.30. The lowest BCUT2D eigenvalue weighted by Crippen LogP contribution is -2.44. The second kappa shape index (κ2) is 10.4. The van der Waals surface area contributed by atoms with E-state index in [0.29, 0.717) is 43.8 Å². The molecule has 0 bridgehead atoms. The molecule has 1 aromatic carbocycles. The van der Waals surface area contributed by atoms with Gasteiger partial charge in [0.15, 0.2) is 0 Å². The van der Waals surface area contributed by atoms with Gasteiger partial charge in [-0.3, -0.25) is 9.59 Å². The molecule has 2 aromatic rings. The number of halogens is 1. The summed E-state index contributed by atoms with van der Waals surface area (Å²) in [5.41, 5.74) is 2.81. The van der Waals surface area contributed by atoms with Gasteiger partial charge < -0.3 is 15.3 Å². The Hall–Kier alpha value is -2.87. The minimum absolute atomic E-state index is 0.0230. The Kier molecular flexibility index (Phi) is 7.09. The fraction of sp³-hybridized carbons (Fsp3) is 0.444. The van der Waals surface area contributed by atoms with Crippen LogP contribution in [-0.4, -0.2) is 51.1 Å². The van der Waals surface area contributed by atoms with Gasteiger partial charge in [0.2, 0.25) is 5.91 Å². The summed E-state index contributed by atoms with van der Waals surface area (Å²) in [5.74, 6) is 2.14. The summed E-state index contributed by atoms with van der Waals surface area (Å²) in [6, 6.07) is 7.38. The van der Waals surface area contributed by atoms with Gasteiger partial charge in [-0.2, -0.15) is 5.10 Å². The summed E-state index contributed by atoms with van der Waals surface area (Å²) < 4.78 is 2.88. The topological polar surface area (TPSA) is 87.5 Å². The normalized spacial score (nSPS) is 19.6. The number of likely N-dealkylation sites (tertiary alicyclic amines) is 1. The first-order valence-electron chi connectivity index (χ1n) is 12.5. The molecule has 5 rings (SSSR count). The number of rotatable bonds is 5. The molecule has 3 heterocycles. The summed E-state index contributed by atoms with van der Waals surface area (Å²) in [6.07, 6.45) is 11.1. The number of aromatic nitrogens is 2. The molecule has 1 amide bonds. The van der Waals surface area contributed by atoms with Gasteiger partial charge >= 0.3 is 0 Å². The molecule has 2 fully saturated rings. The van der Waals surface area contributed by atoms with Crippen LogP contribution in [0.5, 0.6) is 5.75 Å². The SMILES string of the molecule is O=C1CCC(C(=O)N2CCC(CNC3=CC(c4ccccc4O)=CCc4c(Br)cnn43)CC2)CC1. The predicted octanol–water partition coefficient (Wildman–Crippen LogP) is 4.38. The lowest BCUT2D eigenvalue weighted by Gasteiger charge is -2.35. The van der Waals surface area contributed by atoms with Gasteiger partial charge in [0, 0.05) is 50.4 Å². The van der Waals surface area contributed by atoms with Crippen LogP contribution < -0.4 is 5.32 Å². The molecule has 0 atom stereocenters. The molecule has 1 saturated heterocycles. The second-order valence-corrected chi connectivity index (χ2v) is 10.6. The zero-order valence-corrected chi connectivity index (χ0v) is 21.3. The maximum Gasteiger partial charge on any atom is 0.225 e. The van der Waals surface area contributed by atoms with Gasteiger partial charge in [-0.1, -0.05) is 24.3 Å². The Labute approximate surface area is 214 Å². The van der Waals surface area contributed by atoms with Crippen LogP contribution >= 0.6 is 15.9 Å². The largest absolute Gasteiger partial charge is 0.507 e. The van der Waals surface area contributed by atoms with E-state index in [1.807, 2.05) is 40.1 Å². The van der Waals surface area contributed by atoms with E-state index in [1.165, 1.54) is 0 Å². The maximum atomic E-state index is 12.9. The average Bonchev–Trinajstić information content (AvgIpc) is 3.14. The minimum Gasteiger partial charge on any atom is -0.507 e. The zero-order valence-electron chi connectivity index (χ0n) is 19.8. The van der Waals surface area contributed by atoms with Crippen molar-refractivity contribution in [1.82, 2.24) is 20.0 Å². The lowest BCUT2D eigenvalue weighted by molar-refractivity contribution is -0.138. The van der Waals surface area contributed by atoms with Crippen molar-refractivity contribution in [2.24, 2.45) is 11.8 Å². The summed E-state index contributed by atoms with van der Waals surface area (Å²) in [4.78, 5) is 26.4. The summed E-state index contributed by atoms with van der Waals surface area (Å²) in [5, 5.41) is 18.6. The predicted molar refractivity (Wildman–Crippen MR) is 138 cm³/mol. The van der Waals surface area contributed by atoms with E-state index in [-0.39, 0.29) is 17.6 Å². The summed E-state index contributed by atoms with van der Waals surface area (Å²) >= 11 is 3.62. The van der Waals surface area contributed by atoms with Crippen LogP contribution in [0.15, 0.2) is 47.1 Å². The number of hydrogen-bond donors (Lipinski definition) is 2. The molecule has 0 radical (unpaired) electrons. The molecule has 0 spiro atoms. The smallest absolute Gasteiger partial charge is 0.225 e. The quantitative estimate of drug-likeness (QED) is 0.589. The third-order valence-electron chi connectivity index (χ3n) is 7.46. The first-order valence-corrected chi connectivity index (χ1v) is 13.3. The number of aromatic hydroxyl groups is 1. The molecular formula is C27H31BrN4O3. The Balaban J connectivity index is 1.24. The molecular weight excluding hydrogens is 508 g/mol. The number of nitrogens with zero attached hydrogens (tertiary/aromatic N) is 3. The molecule has 35 heavy (non-hydrogen) atoms. The maximum absolute atomic E-state index is 12.9. The van der Waals surface area contributed by atoms with Crippen molar-refractivity contribution < 1.29 is 14.7 Å². The van der Waals surface area contributed by atoms with Crippen LogP contribution in [0.1, 0.15) is 49.8 Å². The highest BCUT2D eigenvalue weighted by molar-refractivity contribution is 9.10. The van der Waals surface area contributed by atoms with Crippen molar-refractivity contribution >= 4 is 39.0 Å². The van der Waals surface area contributed by atoms with Crippen molar-refractivity contribution in [1.29, 1.82) is 0 Å². The number of benzene rings is 1. The molecule has 2 aliphatic heterocycles. The fourth-order valence-corrected chi connectivity index (χ4v) is 5.72. The van der Waals surface area contributed by atoms with E-state index < -0.39 is 0 Å². The number of phenols is 1. The Morgan fingerprint density at radius 2 is 1.89 bits per heavy atom. The molecule has 184 valence electrons. The van der Waals surface area contributed by atoms with E-state index in [4.69, 9.17) is 0 Å². The number of piperidine rings is 1. The van der Waals surface area contributed by atoms with Gasteiger partial charge in [0.25, 0.3) is 0 Å². The summed E-state index contributed by atoms with van der Waals surface area (Å²) in [7, 11) is 0. The number of amides is 1. The number of carbonyl (C=O) groups excluding carboxylic acids is 2. The first-order chi connectivity index (χ1) is 17.0. The number of para-hydroxylation sites is 1. The van der Waals surface area contributed by atoms with Crippen molar-refractivity contribution in [3.63, 3.8) is 0 Å². The summed E-state index contributed by atoms with van der Waals surface area (Å²) in [6.45, 7) is 2.34. The van der Waals surface area contributed by atoms with Gasteiger partial charge in [-0.15, -0.1) is 0 Å². The van der Waals surface area contributed by atoms with E-state index in [1.54, 1.807) is 6.07 Å². The molecule has 2 N–H and O–H groups in total. The van der Waals surface area contributed by atoms with E-state index in [9.17, 15) is 14.7 Å². The Morgan fingerprint density at radius 3 is 2.63 bits per heavy atom. The molecule has 3 aliphatic rings. The number of carbonyl (C=O) groups is 2. The highest BCUT2D eigenvalue weighted by Crippen LogP contribution is 2.32. The number of phenolic OH excluding ortho intramolecular Hbond substituents is 1. The van der Waals surface area contributed by atoms with Crippen LogP contribution in [0.4, 0.5) is 0 Å². The minimum atomic E-state index is 0.0230. The second-order valence-electron chi connectivity index (χ2n) is 9.72. The van der Waals surface area contributed by atoms with E-state index >= 15 is 0 Å². The van der Waals surface area contributed by atoms with Gasteiger partial charge in [-0.05, 0) is 65.2 Å². The van der Waals surface area contributed by atoms with Crippen LogP contribution in [0, 0.1) is 11.8 Å². The standard InChI is InChI=1S/C27H31BrN4O3/c28-23-17-30-32-24(23)10-7-20(22-3-1-2-4-25(22)34)15-26(32)29-16-18-11-13-31(14-12-18)27(35)19-5-8-21(33)9-6-19/h1-4,7,15,17-19,29,34H,5-6,8-14,16H2. The number of fused-ring (bicyclic) bond motifs is 1. The number of Topliss-reactive ketones (excluding diaryl/α,β-unsaturated/α-hetero) is 1. The lowest BCUT2D eigenvalue weighted by atomic mass is 9.86. The molecule has 1 saturated carbocycles. The number of nitrogens with one attached hydrogen (secondary N) is 1. The highest BCUT2D eigenvalue weighted by Gasteiger charge is 2.31. The third kappa shape index (κ3) is 5.22. The van der Waals surface area contributed by atoms with Crippen LogP contribution in [-0.2, 0) is 16.0 Å². The van der Waals surface area contributed by atoms with Crippen LogP contribution in [0.3, 0.4) is 0 Å². The molecule has 1 aliphatic carbocycles. The van der Waals surface area contributed by atoms with Crippen molar-refractivity contribution in [2.45, 2.75) is 44.9 Å². The zero-order chi connectivity index (χ0) is 24.4.